The molecule has 1 atom stereocenters. The fourth-order valence-corrected chi connectivity index (χ4v) is 5.54. The molecule has 10 nitrogen and oxygen atoms in total. The molecule has 0 bridgehead atoms. The van der Waals surface area contributed by atoms with Gasteiger partial charge in [0.15, 0.2) is 11.5 Å². The SMILES string of the molecule is CCCc1cc(C(=O)NOCc2ccccc2C)ccc1OC(C(=O)NS(=O)(=O)/C=C/c1ccccc1)c1ccc2c(c1)OCO2. The van der Waals surface area contributed by atoms with Crippen LogP contribution in [0, 0.1) is 6.92 Å². The molecule has 2 N–H and O–H groups in total. The third-order valence-electron chi connectivity index (χ3n) is 7.16. The van der Waals surface area contributed by atoms with Gasteiger partial charge in [0, 0.05) is 11.1 Å². The highest BCUT2D eigenvalue weighted by molar-refractivity contribution is 7.93. The van der Waals surface area contributed by atoms with Crippen molar-refractivity contribution in [2.24, 2.45) is 0 Å². The Labute approximate surface area is 268 Å². The van der Waals surface area contributed by atoms with Crippen LogP contribution in [-0.4, -0.2) is 27.0 Å². The molecule has 5 rings (SSSR count). The van der Waals surface area contributed by atoms with Gasteiger partial charge in [-0.25, -0.2) is 18.6 Å². The topological polar surface area (TPSA) is 129 Å². The minimum atomic E-state index is -4.19. The third kappa shape index (κ3) is 8.32. The average molecular weight is 643 g/mol. The van der Waals surface area contributed by atoms with Gasteiger partial charge in [-0.3, -0.25) is 14.4 Å². The number of hydrogen-bond donors (Lipinski definition) is 2. The van der Waals surface area contributed by atoms with Crippen LogP contribution in [0.25, 0.3) is 6.08 Å². The number of carbonyl (C=O) groups is 2. The summed E-state index contributed by atoms with van der Waals surface area (Å²) in [5.74, 6) is -0.149. The van der Waals surface area contributed by atoms with E-state index in [1.165, 1.54) is 6.08 Å². The van der Waals surface area contributed by atoms with E-state index in [9.17, 15) is 18.0 Å². The van der Waals surface area contributed by atoms with Gasteiger partial charge in [0.2, 0.25) is 12.9 Å². The number of hydrogen-bond acceptors (Lipinski definition) is 8. The zero-order chi connectivity index (χ0) is 32.5. The van der Waals surface area contributed by atoms with Crippen molar-refractivity contribution in [3.8, 4) is 17.2 Å². The molecule has 0 aliphatic carbocycles. The Hall–Kier alpha value is -5.13. The van der Waals surface area contributed by atoms with Crippen LogP contribution in [0.3, 0.4) is 0 Å². The summed E-state index contributed by atoms with van der Waals surface area (Å²) in [5, 5.41) is 0.925. The quantitative estimate of drug-likeness (QED) is 0.176. The van der Waals surface area contributed by atoms with E-state index in [-0.39, 0.29) is 13.4 Å². The number of amides is 2. The van der Waals surface area contributed by atoms with E-state index < -0.39 is 27.9 Å². The van der Waals surface area contributed by atoms with Gasteiger partial charge in [0.05, 0.1) is 5.41 Å². The molecule has 1 unspecified atom stereocenters. The first-order chi connectivity index (χ1) is 22.2. The van der Waals surface area contributed by atoms with Crippen molar-refractivity contribution in [1.82, 2.24) is 10.2 Å². The number of benzene rings is 4. The van der Waals surface area contributed by atoms with Gasteiger partial charge in [0.1, 0.15) is 12.4 Å². The van der Waals surface area contributed by atoms with Crippen molar-refractivity contribution >= 4 is 27.9 Å². The highest BCUT2D eigenvalue weighted by atomic mass is 32.2. The van der Waals surface area contributed by atoms with Crippen LogP contribution < -0.4 is 24.4 Å². The van der Waals surface area contributed by atoms with Gasteiger partial charge in [0.25, 0.3) is 21.8 Å². The Kier molecular flexibility index (Phi) is 10.4. The Morgan fingerprint density at radius 1 is 0.913 bits per heavy atom. The fourth-order valence-electron chi connectivity index (χ4n) is 4.75. The number of ether oxygens (including phenoxy) is 3. The largest absolute Gasteiger partial charge is 0.475 e. The molecule has 0 saturated carbocycles. The molecule has 0 aromatic heterocycles. The monoisotopic (exact) mass is 642 g/mol. The van der Waals surface area contributed by atoms with Crippen LogP contribution in [0.5, 0.6) is 17.2 Å². The van der Waals surface area contributed by atoms with Crippen molar-refractivity contribution in [3.05, 3.63) is 130 Å². The Morgan fingerprint density at radius 2 is 1.67 bits per heavy atom. The number of carbonyl (C=O) groups excluding carboxylic acids is 2. The summed E-state index contributed by atoms with van der Waals surface area (Å²) in [6, 6.07) is 26.2. The van der Waals surface area contributed by atoms with E-state index in [0.29, 0.717) is 52.3 Å². The number of rotatable bonds is 13. The van der Waals surface area contributed by atoms with Crippen molar-refractivity contribution in [3.63, 3.8) is 0 Å². The molecule has 4 aromatic carbocycles. The second-order valence-corrected chi connectivity index (χ2v) is 12.1. The van der Waals surface area contributed by atoms with Crippen LogP contribution in [-0.2, 0) is 32.7 Å². The van der Waals surface area contributed by atoms with Crippen molar-refractivity contribution in [2.75, 3.05) is 6.79 Å². The third-order valence-corrected chi connectivity index (χ3v) is 8.14. The lowest BCUT2D eigenvalue weighted by molar-refractivity contribution is -0.126. The lowest BCUT2D eigenvalue weighted by atomic mass is 10.0. The van der Waals surface area contributed by atoms with Crippen molar-refractivity contribution < 1.29 is 37.1 Å². The molecule has 0 spiro atoms. The summed E-state index contributed by atoms with van der Waals surface area (Å²) < 4.78 is 45.0. The van der Waals surface area contributed by atoms with Gasteiger partial charge in [-0.1, -0.05) is 74.0 Å². The molecular weight excluding hydrogens is 608 g/mol. The van der Waals surface area contributed by atoms with Gasteiger partial charge in [-0.15, -0.1) is 0 Å². The van der Waals surface area contributed by atoms with E-state index in [1.807, 2.05) is 44.2 Å². The summed E-state index contributed by atoms with van der Waals surface area (Å²) in [6.07, 6.45) is 1.24. The summed E-state index contributed by atoms with van der Waals surface area (Å²) in [7, 11) is -4.19. The zero-order valence-electron chi connectivity index (χ0n) is 25.4. The average Bonchev–Trinajstić information content (AvgIpc) is 3.52. The molecule has 0 radical (unpaired) electrons. The van der Waals surface area contributed by atoms with Gasteiger partial charge >= 0.3 is 0 Å². The first kappa shape index (κ1) is 32.3. The highest BCUT2D eigenvalue weighted by Gasteiger charge is 2.29. The molecule has 0 saturated heterocycles. The van der Waals surface area contributed by atoms with Gasteiger partial charge < -0.3 is 14.2 Å². The van der Waals surface area contributed by atoms with Crippen LogP contribution in [0.15, 0.2) is 96.4 Å². The highest BCUT2D eigenvalue weighted by Crippen LogP contribution is 2.36. The fraction of sp³-hybridized carbons (Fsp3) is 0.200. The standard InChI is InChI=1S/C35H34N2O8S/c1-3-9-26-20-28(34(38)36-44-22-29-13-8-7-10-24(29)2)15-16-30(26)45-33(27-14-17-31-32(21-27)43-23-42-31)35(39)37-46(40,41)19-18-25-11-5-4-6-12-25/h4-8,10-21,33H,3,9,22-23H2,1-2H3,(H,36,38)(H,37,39)/b19-18+. The lowest BCUT2D eigenvalue weighted by Crippen LogP contribution is -2.36. The van der Waals surface area contributed by atoms with E-state index in [2.05, 4.69) is 10.2 Å². The molecule has 11 heteroatoms. The first-order valence-electron chi connectivity index (χ1n) is 14.7. The number of nitrogens with one attached hydrogen (secondary N) is 2. The Balaban J connectivity index is 1.37. The van der Waals surface area contributed by atoms with Crippen molar-refractivity contribution in [2.45, 2.75) is 39.4 Å². The zero-order valence-corrected chi connectivity index (χ0v) is 26.2. The van der Waals surface area contributed by atoms with Crippen LogP contribution in [0.4, 0.5) is 0 Å². The lowest BCUT2D eigenvalue weighted by Gasteiger charge is -2.21. The Bertz CT molecular complexity index is 1840. The number of fused-ring (bicyclic) bond motifs is 1. The second-order valence-electron chi connectivity index (χ2n) is 10.6. The molecule has 2 amide bonds. The summed E-state index contributed by atoms with van der Waals surface area (Å²) in [4.78, 5) is 32.0. The Morgan fingerprint density at radius 3 is 2.46 bits per heavy atom. The minimum Gasteiger partial charge on any atom is -0.475 e. The van der Waals surface area contributed by atoms with Crippen LogP contribution in [0.1, 0.15) is 57.6 Å². The molecular formula is C35H34N2O8S. The van der Waals surface area contributed by atoms with Gasteiger partial charge in [-0.2, -0.15) is 0 Å². The number of sulfonamides is 1. The molecule has 0 fully saturated rings. The predicted molar refractivity (Wildman–Crippen MR) is 172 cm³/mol. The maximum absolute atomic E-state index is 13.6. The first-order valence-corrected chi connectivity index (χ1v) is 16.2. The minimum absolute atomic E-state index is 0.0218. The maximum Gasteiger partial charge on any atom is 0.279 e. The molecule has 1 aliphatic heterocycles. The van der Waals surface area contributed by atoms with E-state index in [4.69, 9.17) is 19.0 Å². The predicted octanol–water partition coefficient (Wildman–Crippen LogP) is 5.77. The molecule has 1 aliphatic rings. The normalized spacial score (nSPS) is 12.9. The smallest absolute Gasteiger partial charge is 0.279 e. The van der Waals surface area contributed by atoms with Crippen molar-refractivity contribution in [1.29, 1.82) is 0 Å². The number of aryl methyl sites for hydroxylation is 2. The molecule has 1 heterocycles. The van der Waals surface area contributed by atoms with Crippen LogP contribution in [0.2, 0.25) is 0 Å². The van der Waals surface area contributed by atoms with Gasteiger partial charge in [-0.05, 0) is 72.0 Å². The molecule has 46 heavy (non-hydrogen) atoms. The van der Waals surface area contributed by atoms with E-state index in [1.54, 1.807) is 60.7 Å². The van der Waals surface area contributed by atoms with Crippen LogP contribution >= 0.6 is 0 Å². The number of hydroxylamine groups is 1. The molecule has 4 aromatic rings. The second kappa shape index (κ2) is 14.8. The summed E-state index contributed by atoms with van der Waals surface area (Å²) in [6.45, 7) is 4.16. The summed E-state index contributed by atoms with van der Waals surface area (Å²) in [5.41, 5.74) is 6.45. The molecule has 238 valence electrons. The van der Waals surface area contributed by atoms with E-state index >= 15 is 0 Å². The maximum atomic E-state index is 13.6. The summed E-state index contributed by atoms with van der Waals surface area (Å²) >= 11 is 0. The van der Waals surface area contributed by atoms with E-state index in [0.717, 1.165) is 16.5 Å².